The zero-order chi connectivity index (χ0) is 21.3. The minimum Gasteiger partial charge on any atom is -0.493 e. The van der Waals surface area contributed by atoms with Crippen LogP contribution in [0.4, 0.5) is 0 Å². The SMILES string of the molecule is COC(=O)C(C)(c1ccc(Cl)cc1)n1c(=O)nc(C)c2cc(OC)c(OC)cc21. The summed E-state index contributed by atoms with van der Waals surface area (Å²) in [5.41, 5.74) is -0.592. The number of aromatic nitrogens is 2. The highest BCUT2D eigenvalue weighted by Crippen LogP contribution is 2.36. The van der Waals surface area contributed by atoms with Crippen molar-refractivity contribution in [1.82, 2.24) is 9.55 Å². The number of halogens is 1. The molecule has 152 valence electrons. The second-order valence-corrected chi connectivity index (χ2v) is 7.05. The Morgan fingerprint density at radius 1 is 1.07 bits per heavy atom. The molecule has 1 unspecified atom stereocenters. The third kappa shape index (κ3) is 3.31. The fourth-order valence-electron chi connectivity index (χ4n) is 3.44. The summed E-state index contributed by atoms with van der Waals surface area (Å²) in [6.45, 7) is 3.33. The van der Waals surface area contributed by atoms with Crippen molar-refractivity contribution in [2.75, 3.05) is 21.3 Å². The summed E-state index contributed by atoms with van der Waals surface area (Å²) >= 11 is 6.01. The van der Waals surface area contributed by atoms with Gasteiger partial charge in [-0.3, -0.25) is 4.57 Å². The van der Waals surface area contributed by atoms with E-state index in [1.807, 2.05) is 0 Å². The normalized spacial score (nSPS) is 13.0. The van der Waals surface area contributed by atoms with Crippen LogP contribution in [0.2, 0.25) is 5.02 Å². The summed E-state index contributed by atoms with van der Waals surface area (Å²) in [5.74, 6) is 0.284. The van der Waals surface area contributed by atoms with Crippen LogP contribution in [0.1, 0.15) is 18.2 Å². The van der Waals surface area contributed by atoms with Gasteiger partial charge < -0.3 is 14.2 Å². The zero-order valence-corrected chi connectivity index (χ0v) is 17.5. The van der Waals surface area contributed by atoms with E-state index in [-0.39, 0.29) is 0 Å². The third-order valence-corrected chi connectivity index (χ3v) is 5.28. The molecule has 0 fully saturated rings. The van der Waals surface area contributed by atoms with Gasteiger partial charge in [-0.1, -0.05) is 23.7 Å². The Balaban J connectivity index is 2.48. The smallest absolute Gasteiger partial charge is 0.349 e. The van der Waals surface area contributed by atoms with E-state index < -0.39 is 17.2 Å². The molecular formula is C21H21ClN2O5. The van der Waals surface area contributed by atoms with E-state index in [0.717, 1.165) is 0 Å². The van der Waals surface area contributed by atoms with Crippen molar-refractivity contribution >= 4 is 28.5 Å². The summed E-state index contributed by atoms with van der Waals surface area (Å²) in [5, 5.41) is 1.15. The fraction of sp³-hybridized carbons (Fsp3) is 0.286. The number of ether oxygens (including phenoxy) is 3. The lowest BCUT2D eigenvalue weighted by Crippen LogP contribution is -2.47. The number of methoxy groups -OCH3 is 3. The summed E-state index contributed by atoms with van der Waals surface area (Å²) < 4.78 is 17.2. The van der Waals surface area contributed by atoms with E-state index in [9.17, 15) is 9.59 Å². The predicted molar refractivity (Wildman–Crippen MR) is 110 cm³/mol. The van der Waals surface area contributed by atoms with Crippen LogP contribution in [-0.4, -0.2) is 36.8 Å². The van der Waals surface area contributed by atoms with Crippen molar-refractivity contribution in [2.45, 2.75) is 19.4 Å². The Morgan fingerprint density at radius 2 is 1.66 bits per heavy atom. The van der Waals surface area contributed by atoms with Gasteiger partial charge in [0.2, 0.25) is 0 Å². The summed E-state index contributed by atoms with van der Waals surface area (Å²) in [6.07, 6.45) is 0. The molecule has 0 saturated heterocycles. The van der Waals surface area contributed by atoms with Crippen LogP contribution in [0.15, 0.2) is 41.2 Å². The molecule has 0 bridgehead atoms. The molecule has 1 aromatic heterocycles. The van der Waals surface area contributed by atoms with Gasteiger partial charge in [0.25, 0.3) is 0 Å². The molecule has 29 heavy (non-hydrogen) atoms. The molecule has 0 aliphatic carbocycles. The lowest BCUT2D eigenvalue weighted by Gasteiger charge is -2.31. The predicted octanol–water partition coefficient (Wildman–Crippen LogP) is 3.31. The molecule has 0 amide bonds. The number of hydrogen-bond acceptors (Lipinski definition) is 6. The zero-order valence-electron chi connectivity index (χ0n) is 16.8. The Bertz CT molecular complexity index is 1140. The van der Waals surface area contributed by atoms with Gasteiger partial charge in [-0.05, 0) is 37.6 Å². The monoisotopic (exact) mass is 416 g/mol. The van der Waals surface area contributed by atoms with Crippen LogP contribution >= 0.6 is 11.6 Å². The van der Waals surface area contributed by atoms with Crippen molar-refractivity contribution in [3.05, 3.63) is 63.2 Å². The highest BCUT2D eigenvalue weighted by atomic mass is 35.5. The van der Waals surface area contributed by atoms with Gasteiger partial charge in [0.1, 0.15) is 0 Å². The van der Waals surface area contributed by atoms with E-state index in [4.69, 9.17) is 25.8 Å². The molecule has 0 N–H and O–H groups in total. The maximum absolute atomic E-state index is 13.1. The van der Waals surface area contributed by atoms with Crippen LogP contribution in [0.25, 0.3) is 10.9 Å². The molecule has 0 saturated carbocycles. The molecule has 8 heteroatoms. The van der Waals surface area contributed by atoms with Crippen molar-refractivity contribution in [3.63, 3.8) is 0 Å². The first-order chi connectivity index (χ1) is 13.8. The largest absolute Gasteiger partial charge is 0.493 e. The van der Waals surface area contributed by atoms with Crippen LogP contribution in [0, 0.1) is 6.92 Å². The Morgan fingerprint density at radius 3 is 2.21 bits per heavy atom. The Kier molecular flexibility index (Phi) is 5.53. The lowest BCUT2D eigenvalue weighted by atomic mass is 9.91. The third-order valence-electron chi connectivity index (χ3n) is 5.02. The van der Waals surface area contributed by atoms with E-state index >= 15 is 0 Å². The summed E-state index contributed by atoms with van der Waals surface area (Å²) in [4.78, 5) is 30.2. The van der Waals surface area contributed by atoms with Crippen LogP contribution in [0.5, 0.6) is 11.5 Å². The van der Waals surface area contributed by atoms with Crippen molar-refractivity contribution < 1.29 is 19.0 Å². The van der Waals surface area contributed by atoms with Crippen LogP contribution in [0.3, 0.4) is 0 Å². The van der Waals surface area contributed by atoms with Gasteiger partial charge in [-0.2, -0.15) is 4.98 Å². The average Bonchev–Trinajstić information content (AvgIpc) is 2.72. The van der Waals surface area contributed by atoms with Gasteiger partial charge in [-0.15, -0.1) is 0 Å². The summed E-state index contributed by atoms with van der Waals surface area (Å²) in [6, 6.07) is 10.0. The number of rotatable bonds is 5. The maximum Gasteiger partial charge on any atom is 0.349 e. The molecule has 0 aliphatic rings. The number of carbonyl (C=O) groups excluding carboxylic acids is 1. The summed E-state index contributed by atoms with van der Waals surface area (Å²) in [7, 11) is 4.29. The first-order valence-corrected chi connectivity index (χ1v) is 9.16. The first-order valence-electron chi connectivity index (χ1n) is 8.78. The molecule has 0 aliphatic heterocycles. The van der Waals surface area contributed by atoms with Gasteiger partial charge in [-0.25, -0.2) is 9.59 Å². The van der Waals surface area contributed by atoms with E-state index in [0.29, 0.717) is 38.7 Å². The highest BCUT2D eigenvalue weighted by molar-refractivity contribution is 6.30. The van der Waals surface area contributed by atoms with Crippen LogP contribution < -0.4 is 15.2 Å². The number of aryl methyl sites for hydroxylation is 1. The van der Waals surface area contributed by atoms with Crippen LogP contribution in [-0.2, 0) is 15.1 Å². The number of hydrogen-bond donors (Lipinski definition) is 0. The van der Waals surface area contributed by atoms with Crippen molar-refractivity contribution in [1.29, 1.82) is 0 Å². The molecule has 2 aromatic carbocycles. The van der Waals surface area contributed by atoms with Gasteiger partial charge in [0.15, 0.2) is 17.0 Å². The molecule has 0 radical (unpaired) electrons. The Labute approximate surface area is 172 Å². The number of esters is 1. The molecule has 1 atom stereocenters. The number of nitrogens with zero attached hydrogens (tertiary/aromatic N) is 2. The fourth-order valence-corrected chi connectivity index (χ4v) is 3.57. The molecule has 0 spiro atoms. The van der Waals surface area contributed by atoms with Gasteiger partial charge >= 0.3 is 11.7 Å². The van der Waals surface area contributed by atoms with Gasteiger partial charge in [0, 0.05) is 16.5 Å². The number of carbonyl (C=O) groups is 1. The topological polar surface area (TPSA) is 79.7 Å². The number of benzene rings is 2. The number of fused-ring (bicyclic) bond motifs is 1. The highest BCUT2D eigenvalue weighted by Gasteiger charge is 2.41. The van der Waals surface area contributed by atoms with E-state index in [2.05, 4.69) is 4.98 Å². The molecular weight excluding hydrogens is 396 g/mol. The molecule has 3 rings (SSSR count). The first kappa shape index (κ1) is 20.7. The molecule has 1 heterocycles. The maximum atomic E-state index is 13.1. The second-order valence-electron chi connectivity index (χ2n) is 6.61. The lowest BCUT2D eigenvalue weighted by molar-refractivity contribution is -0.148. The minimum atomic E-state index is -1.49. The van der Waals surface area contributed by atoms with E-state index in [1.54, 1.807) is 50.2 Å². The Hall–Kier alpha value is -3.06. The van der Waals surface area contributed by atoms with Crippen molar-refractivity contribution in [3.8, 4) is 11.5 Å². The standard InChI is InChI=1S/C21H21ClN2O5/c1-12-15-10-17(27-3)18(28-4)11-16(15)24(20(26)23-12)21(2,19(25)29-5)13-6-8-14(22)9-7-13/h6-11H,1-5H3. The van der Waals surface area contributed by atoms with Gasteiger partial charge in [0.05, 0.1) is 32.5 Å². The minimum absolute atomic E-state index is 0.419. The van der Waals surface area contributed by atoms with E-state index in [1.165, 1.54) is 25.9 Å². The quantitative estimate of drug-likeness (QED) is 0.594. The second kappa shape index (κ2) is 7.75. The van der Waals surface area contributed by atoms with Crippen molar-refractivity contribution in [2.24, 2.45) is 0 Å². The average molecular weight is 417 g/mol. The molecule has 3 aromatic rings. The molecule has 7 nitrogen and oxygen atoms in total.